The van der Waals surface area contributed by atoms with Gasteiger partial charge in [-0.1, -0.05) is 30.3 Å². The second kappa shape index (κ2) is 6.35. The smallest absolute Gasteiger partial charge is 0.224 e. The summed E-state index contributed by atoms with van der Waals surface area (Å²) in [5.41, 5.74) is 1.23. The average molecular weight is 341 g/mol. The lowest BCUT2D eigenvalue weighted by Gasteiger charge is -2.28. The Hall–Kier alpha value is -1.13. The number of aromatic nitrogens is 2. The summed E-state index contributed by atoms with van der Waals surface area (Å²) in [6, 6.07) is 10.6. The molecule has 0 aliphatic heterocycles. The number of nitrogens with zero attached hydrogens (tertiary/aromatic N) is 3. The zero-order valence-corrected chi connectivity index (χ0v) is 13.2. The third kappa shape index (κ3) is 3.67. The van der Waals surface area contributed by atoms with Crippen LogP contribution in [0, 0.1) is 0 Å². The van der Waals surface area contributed by atoms with Gasteiger partial charge in [0.25, 0.3) is 0 Å². The van der Waals surface area contributed by atoms with Crippen molar-refractivity contribution in [1.82, 2.24) is 9.97 Å². The van der Waals surface area contributed by atoms with Crippen molar-refractivity contribution >= 4 is 33.3 Å². The number of halogens is 2. The maximum Gasteiger partial charge on any atom is 0.224 e. The van der Waals surface area contributed by atoms with E-state index in [0.29, 0.717) is 6.04 Å². The van der Waals surface area contributed by atoms with Gasteiger partial charge < -0.3 is 4.90 Å². The number of rotatable bonds is 4. The van der Waals surface area contributed by atoms with E-state index in [-0.39, 0.29) is 5.28 Å². The van der Waals surface area contributed by atoms with E-state index in [9.17, 15) is 0 Å². The lowest BCUT2D eigenvalue weighted by molar-refractivity contribution is 0.669. The van der Waals surface area contributed by atoms with E-state index in [0.717, 1.165) is 16.8 Å². The summed E-state index contributed by atoms with van der Waals surface area (Å²) in [5, 5.41) is 0.261. The summed E-state index contributed by atoms with van der Waals surface area (Å²) in [6.45, 7) is 5.04. The molecular weight excluding hydrogens is 326 g/mol. The molecule has 0 atom stereocenters. The molecule has 19 heavy (non-hydrogen) atoms. The van der Waals surface area contributed by atoms with Crippen LogP contribution in [0.25, 0.3) is 0 Å². The molecule has 0 unspecified atom stereocenters. The van der Waals surface area contributed by atoms with Gasteiger partial charge in [-0.2, -0.15) is 4.98 Å². The van der Waals surface area contributed by atoms with Crippen molar-refractivity contribution in [3.05, 3.63) is 51.8 Å². The van der Waals surface area contributed by atoms with Crippen LogP contribution in [-0.4, -0.2) is 16.0 Å². The van der Waals surface area contributed by atoms with Crippen LogP contribution in [0.15, 0.2) is 41.0 Å². The molecule has 1 aromatic heterocycles. The van der Waals surface area contributed by atoms with E-state index in [1.54, 1.807) is 6.20 Å². The molecule has 0 radical (unpaired) electrons. The fraction of sp³-hybridized carbons (Fsp3) is 0.286. The normalized spacial score (nSPS) is 10.8. The first-order valence-corrected chi connectivity index (χ1v) is 7.23. The van der Waals surface area contributed by atoms with Crippen LogP contribution < -0.4 is 4.90 Å². The molecule has 100 valence electrons. The zero-order valence-electron chi connectivity index (χ0n) is 10.8. The van der Waals surface area contributed by atoms with E-state index in [1.165, 1.54) is 5.56 Å². The van der Waals surface area contributed by atoms with Gasteiger partial charge in [-0.25, -0.2) is 4.98 Å². The molecule has 0 N–H and O–H groups in total. The maximum absolute atomic E-state index is 5.90. The van der Waals surface area contributed by atoms with Gasteiger partial charge >= 0.3 is 0 Å². The SMILES string of the molecule is CC(C)N(Cc1ccccc1)c1nc(Cl)ncc1Br. The quantitative estimate of drug-likeness (QED) is 0.777. The Bertz CT molecular complexity index is 546. The summed E-state index contributed by atoms with van der Waals surface area (Å²) in [5.74, 6) is 0.818. The fourth-order valence-corrected chi connectivity index (χ4v) is 2.37. The van der Waals surface area contributed by atoms with Crippen LogP contribution in [-0.2, 0) is 6.54 Å². The highest BCUT2D eigenvalue weighted by molar-refractivity contribution is 9.10. The first kappa shape index (κ1) is 14.3. The second-order valence-corrected chi connectivity index (χ2v) is 5.71. The highest BCUT2D eigenvalue weighted by Crippen LogP contribution is 2.27. The minimum absolute atomic E-state index is 0.261. The highest BCUT2D eigenvalue weighted by Gasteiger charge is 2.16. The first-order valence-electron chi connectivity index (χ1n) is 6.06. The highest BCUT2D eigenvalue weighted by atomic mass is 79.9. The molecule has 0 amide bonds. The molecule has 0 aliphatic carbocycles. The molecule has 1 aromatic carbocycles. The molecule has 0 saturated carbocycles. The zero-order chi connectivity index (χ0) is 13.8. The molecule has 2 rings (SSSR count). The Morgan fingerprint density at radius 1 is 1.26 bits per heavy atom. The van der Waals surface area contributed by atoms with Crippen molar-refractivity contribution < 1.29 is 0 Å². The van der Waals surface area contributed by atoms with Gasteiger partial charge in [0, 0.05) is 18.8 Å². The molecule has 1 heterocycles. The van der Waals surface area contributed by atoms with Gasteiger partial charge in [-0.05, 0) is 46.9 Å². The molecule has 0 fully saturated rings. The van der Waals surface area contributed by atoms with Gasteiger partial charge in [-0.15, -0.1) is 0 Å². The van der Waals surface area contributed by atoms with E-state index >= 15 is 0 Å². The van der Waals surface area contributed by atoms with Crippen LogP contribution in [0.5, 0.6) is 0 Å². The van der Waals surface area contributed by atoms with Crippen molar-refractivity contribution in [2.75, 3.05) is 4.90 Å². The summed E-state index contributed by atoms with van der Waals surface area (Å²) in [7, 11) is 0. The Morgan fingerprint density at radius 2 is 1.95 bits per heavy atom. The molecule has 0 saturated heterocycles. The summed E-state index contributed by atoms with van der Waals surface area (Å²) < 4.78 is 0.849. The summed E-state index contributed by atoms with van der Waals surface area (Å²) >= 11 is 9.39. The number of hydrogen-bond acceptors (Lipinski definition) is 3. The van der Waals surface area contributed by atoms with Crippen molar-refractivity contribution in [2.24, 2.45) is 0 Å². The van der Waals surface area contributed by atoms with Gasteiger partial charge in [0.2, 0.25) is 5.28 Å². The number of hydrogen-bond donors (Lipinski definition) is 0. The average Bonchev–Trinajstić information content (AvgIpc) is 2.40. The van der Waals surface area contributed by atoms with Crippen LogP contribution in [0.1, 0.15) is 19.4 Å². The monoisotopic (exact) mass is 339 g/mol. The van der Waals surface area contributed by atoms with Crippen molar-refractivity contribution in [1.29, 1.82) is 0 Å². The summed E-state index contributed by atoms with van der Waals surface area (Å²) in [6.07, 6.45) is 1.69. The minimum Gasteiger partial charge on any atom is -0.349 e. The van der Waals surface area contributed by atoms with E-state index in [2.05, 4.69) is 56.8 Å². The maximum atomic E-state index is 5.90. The van der Waals surface area contributed by atoms with Crippen molar-refractivity contribution in [3.63, 3.8) is 0 Å². The molecule has 0 aliphatic rings. The van der Waals surface area contributed by atoms with Gasteiger partial charge in [0.1, 0.15) is 5.82 Å². The molecule has 5 heteroatoms. The molecule has 0 spiro atoms. The minimum atomic E-state index is 0.261. The Balaban J connectivity index is 2.32. The van der Waals surface area contributed by atoms with E-state index in [4.69, 9.17) is 11.6 Å². The lowest BCUT2D eigenvalue weighted by Crippen LogP contribution is -2.31. The Morgan fingerprint density at radius 3 is 2.58 bits per heavy atom. The topological polar surface area (TPSA) is 29.0 Å². The molecule has 0 bridgehead atoms. The predicted molar refractivity (Wildman–Crippen MR) is 82.5 cm³/mol. The Kier molecular flexibility index (Phi) is 4.77. The number of anilines is 1. The van der Waals surface area contributed by atoms with Gasteiger partial charge in [0.05, 0.1) is 4.47 Å². The van der Waals surface area contributed by atoms with Gasteiger partial charge in [0.15, 0.2) is 0 Å². The van der Waals surface area contributed by atoms with E-state index < -0.39 is 0 Å². The van der Waals surface area contributed by atoms with Crippen LogP contribution in [0.2, 0.25) is 5.28 Å². The van der Waals surface area contributed by atoms with Crippen LogP contribution >= 0.6 is 27.5 Å². The second-order valence-electron chi connectivity index (χ2n) is 4.52. The molecular formula is C14H15BrClN3. The van der Waals surface area contributed by atoms with Gasteiger partial charge in [-0.3, -0.25) is 0 Å². The summed E-state index contributed by atoms with van der Waals surface area (Å²) in [4.78, 5) is 10.5. The fourth-order valence-electron chi connectivity index (χ4n) is 1.82. The standard InChI is InChI=1S/C14H15BrClN3/c1-10(2)19(9-11-6-4-3-5-7-11)13-12(15)8-17-14(16)18-13/h3-8,10H,9H2,1-2H3. The Labute approximate surface area is 126 Å². The first-order chi connectivity index (χ1) is 9.08. The van der Waals surface area contributed by atoms with E-state index in [1.807, 2.05) is 18.2 Å². The van der Waals surface area contributed by atoms with Crippen LogP contribution in [0.4, 0.5) is 5.82 Å². The van der Waals surface area contributed by atoms with Crippen molar-refractivity contribution in [2.45, 2.75) is 26.4 Å². The predicted octanol–water partition coefficient (Wildman–Crippen LogP) is 4.31. The van der Waals surface area contributed by atoms with Crippen molar-refractivity contribution in [3.8, 4) is 0 Å². The number of benzene rings is 1. The third-order valence-corrected chi connectivity index (χ3v) is 3.53. The third-order valence-electron chi connectivity index (χ3n) is 2.79. The molecule has 2 aromatic rings. The lowest BCUT2D eigenvalue weighted by atomic mass is 10.2. The molecule has 3 nitrogen and oxygen atoms in total. The largest absolute Gasteiger partial charge is 0.349 e. The van der Waals surface area contributed by atoms with Crippen LogP contribution in [0.3, 0.4) is 0 Å².